The maximum Gasteiger partial charge on any atom is 0.271 e. The van der Waals surface area contributed by atoms with E-state index in [-0.39, 0.29) is 11.9 Å². The molecule has 18 heavy (non-hydrogen) atoms. The molecule has 0 bridgehead atoms. The predicted octanol–water partition coefficient (Wildman–Crippen LogP) is 2.25. The Kier molecular flexibility index (Phi) is 3.66. The van der Waals surface area contributed by atoms with Crippen LogP contribution in [0.1, 0.15) is 29.0 Å². The van der Waals surface area contributed by atoms with Gasteiger partial charge in [-0.2, -0.15) is 5.10 Å². The summed E-state index contributed by atoms with van der Waals surface area (Å²) in [5.74, 6) is -0.264. The number of H-pyrrole nitrogens is 1. The second kappa shape index (κ2) is 5.22. The molecule has 1 aromatic carbocycles. The molecule has 0 radical (unpaired) electrons. The lowest BCUT2D eigenvalue weighted by molar-refractivity contribution is 0.0935. The van der Waals surface area contributed by atoms with Crippen LogP contribution in [-0.2, 0) is 0 Å². The van der Waals surface area contributed by atoms with Crippen molar-refractivity contribution in [2.45, 2.75) is 13.0 Å². The van der Waals surface area contributed by atoms with E-state index in [0.29, 0.717) is 11.4 Å². The van der Waals surface area contributed by atoms with Gasteiger partial charge in [0.2, 0.25) is 0 Å². The summed E-state index contributed by atoms with van der Waals surface area (Å²) in [6, 6.07) is 7.66. The van der Waals surface area contributed by atoms with Gasteiger partial charge in [-0.25, -0.2) is 0 Å². The monoisotopic (exact) mass is 308 g/mol. The van der Waals surface area contributed by atoms with Gasteiger partial charge in [-0.1, -0.05) is 28.1 Å². The van der Waals surface area contributed by atoms with Crippen LogP contribution in [0.25, 0.3) is 0 Å². The van der Waals surface area contributed by atoms with Crippen molar-refractivity contribution in [3.05, 3.63) is 46.2 Å². The molecule has 0 unspecified atom stereocenters. The average Bonchev–Trinajstić information content (AvgIpc) is 2.76. The van der Waals surface area contributed by atoms with E-state index in [2.05, 4.69) is 31.4 Å². The van der Waals surface area contributed by atoms with Crippen molar-refractivity contribution in [2.24, 2.45) is 0 Å². The maximum atomic E-state index is 11.9. The van der Waals surface area contributed by atoms with Crippen molar-refractivity contribution >= 4 is 27.5 Å². The number of carbonyl (C=O) groups is 1. The lowest BCUT2D eigenvalue weighted by atomic mass is 10.1. The van der Waals surface area contributed by atoms with E-state index in [4.69, 9.17) is 5.73 Å². The topological polar surface area (TPSA) is 83.8 Å². The van der Waals surface area contributed by atoms with Gasteiger partial charge in [0, 0.05) is 4.47 Å². The molecule has 4 N–H and O–H groups in total. The summed E-state index contributed by atoms with van der Waals surface area (Å²) in [5.41, 5.74) is 7.27. The molecule has 0 fully saturated rings. The summed E-state index contributed by atoms with van der Waals surface area (Å²) in [6.07, 6.45) is 1.42. The quantitative estimate of drug-likeness (QED) is 0.813. The Morgan fingerprint density at radius 3 is 2.67 bits per heavy atom. The Labute approximate surface area is 113 Å². The van der Waals surface area contributed by atoms with Crippen LogP contribution in [0.5, 0.6) is 0 Å². The SMILES string of the molecule is C[C@H](NC(=O)c1[nH]ncc1N)c1ccc(Br)cc1. The molecule has 2 aromatic rings. The zero-order chi connectivity index (χ0) is 13.1. The highest BCUT2D eigenvalue weighted by atomic mass is 79.9. The summed E-state index contributed by atoms with van der Waals surface area (Å²) in [5, 5.41) is 9.15. The third-order valence-corrected chi connectivity index (χ3v) is 3.14. The fraction of sp³-hybridized carbons (Fsp3) is 0.167. The molecule has 0 saturated carbocycles. The zero-order valence-electron chi connectivity index (χ0n) is 9.77. The number of halogens is 1. The number of aromatic nitrogens is 2. The van der Waals surface area contributed by atoms with Crippen LogP contribution < -0.4 is 11.1 Å². The van der Waals surface area contributed by atoms with E-state index in [1.807, 2.05) is 31.2 Å². The molecule has 2 rings (SSSR count). The van der Waals surface area contributed by atoms with Crippen molar-refractivity contribution in [3.63, 3.8) is 0 Å². The second-order valence-corrected chi connectivity index (χ2v) is 4.86. The number of nitrogens with two attached hydrogens (primary N) is 1. The van der Waals surface area contributed by atoms with E-state index in [1.54, 1.807) is 0 Å². The van der Waals surface area contributed by atoms with Gasteiger partial charge in [0.1, 0.15) is 5.69 Å². The Bertz CT molecular complexity index is 549. The van der Waals surface area contributed by atoms with Gasteiger partial charge in [0.25, 0.3) is 5.91 Å². The Balaban J connectivity index is 2.08. The standard InChI is InChI=1S/C12H13BrN4O/c1-7(8-2-4-9(13)5-3-8)16-12(18)11-10(14)6-15-17-11/h2-7H,14H2,1H3,(H,15,17)(H,16,18)/t7-/m0/s1. The predicted molar refractivity (Wildman–Crippen MR) is 73.0 cm³/mol. The number of hydrogen-bond donors (Lipinski definition) is 3. The molecule has 0 saturated heterocycles. The van der Waals surface area contributed by atoms with Crippen LogP contribution >= 0.6 is 15.9 Å². The molecule has 1 atom stereocenters. The van der Waals surface area contributed by atoms with E-state index in [0.717, 1.165) is 10.0 Å². The Hall–Kier alpha value is -1.82. The smallest absolute Gasteiger partial charge is 0.271 e. The molecule has 1 amide bonds. The number of aromatic amines is 1. The number of hydrogen-bond acceptors (Lipinski definition) is 3. The first-order chi connectivity index (χ1) is 8.58. The number of nitrogens with zero attached hydrogens (tertiary/aromatic N) is 1. The van der Waals surface area contributed by atoms with Crippen LogP contribution in [0.15, 0.2) is 34.9 Å². The zero-order valence-corrected chi connectivity index (χ0v) is 11.4. The summed E-state index contributed by atoms with van der Waals surface area (Å²) in [6.45, 7) is 1.91. The van der Waals surface area contributed by atoms with Crippen LogP contribution in [0.4, 0.5) is 5.69 Å². The van der Waals surface area contributed by atoms with Crippen molar-refractivity contribution in [1.82, 2.24) is 15.5 Å². The molecular formula is C12H13BrN4O. The number of amides is 1. The van der Waals surface area contributed by atoms with Gasteiger partial charge in [0.15, 0.2) is 0 Å². The van der Waals surface area contributed by atoms with Crippen molar-refractivity contribution in [3.8, 4) is 0 Å². The summed E-state index contributed by atoms with van der Waals surface area (Å²) < 4.78 is 1.00. The fourth-order valence-corrected chi connectivity index (χ4v) is 1.85. The van der Waals surface area contributed by atoms with Gasteiger partial charge >= 0.3 is 0 Å². The maximum absolute atomic E-state index is 11.9. The van der Waals surface area contributed by atoms with Gasteiger partial charge in [0.05, 0.1) is 17.9 Å². The van der Waals surface area contributed by atoms with E-state index in [9.17, 15) is 4.79 Å². The third-order valence-electron chi connectivity index (χ3n) is 2.61. The minimum absolute atomic E-state index is 0.103. The largest absolute Gasteiger partial charge is 0.396 e. The summed E-state index contributed by atoms with van der Waals surface area (Å²) in [7, 11) is 0. The molecule has 1 aromatic heterocycles. The normalized spacial score (nSPS) is 12.1. The van der Waals surface area contributed by atoms with E-state index >= 15 is 0 Å². The lowest BCUT2D eigenvalue weighted by Crippen LogP contribution is -2.27. The van der Waals surface area contributed by atoms with E-state index in [1.165, 1.54) is 6.20 Å². The molecule has 0 aliphatic heterocycles. The minimum atomic E-state index is -0.264. The van der Waals surface area contributed by atoms with Crippen LogP contribution in [0, 0.1) is 0 Å². The molecule has 0 aliphatic carbocycles. The molecule has 1 heterocycles. The third kappa shape index (κ3) is 2.70. The van der Waals surface area contributed by atoms with Gasteiger partial charge < -0.3 is 11.1 Å². The number of nitrogens with one attached hydrogen (secondary N) is 2. The van der Waals surface area contributed by atoms with Crippen molar-refractivity contribution in [1.29, 1.82) is 0 Å². The van der Waals surface area contributed by atoms with Crippen molar-refractivity contribution < 1.29 is 4.79 Å². The highest BCUT2D eigenvalue weighted by Gasteiger charge is 2.15. The van der Waals surface area contributed by atoms with Crippen LogP contribution in [0.3, 0.4) is 0 Å². The lowest BCUT2D eigenvalue weighted by Gasteiger charge is -2.13. The molecule has 5 nitrogen and oxygen atoms in total. The van der Waals surface area contributed by atoms with E-state index < -0.39 is 0 Å². The first kappa shape index (κ1) is 12.6. The summed E-state index contributed by atoms with van der Waals surface area (Å²) >= 11 is 3.37. The molecule has 0 spiro atoms. The molecular weight excluding hydrogens is 296 g/mol. The minimum Gasteiger partial charge on any atom is -0.396 e. The first-order valence-corrected chi connectivity index (χ1v) is 6.22. The van der Waals surface area contributed by atoms with Crippen LogP contribution in [-0.4, -0.2) is 16.1 Å². The number of carbonyl (C=O) groups excluding carboxylic acids is 1. The van der Waals surface area contributed by atoms with Crippen molar-refractivity contribution in [2.75, 3.05) is 5.73 Å². The fourth-order valence-electron chi connectivity index (χ4n) is 1.58. The first-order valence-electron chi connectivity index (χ1n) is 5.43. The number of benzene rings is 1. The number of anilines is 1. The molecule has 94 valence electrons. The van der Waals surface area contributed by atoms with Gasteiger partial charge in [-0.05, 0) is 24.6 Å². The average molecular weight is 309 g/mol. The van der Waals surface area contributed by atoms with Gasteiger partial charge in [-0.3, -0.25) is 9.89 Å². The second-order valence-electron chi connectivity index (χ2n) is 3.95. The molecule has 0 aliphatic rings. The summed E-state index contributed by atoms with van der Waals surface area (Å²) in [4.78, 5) is 11.9. The molecule has 6 heteroatoms. The highest BCUT2D eigenvalue weighted by molar-refractivity contribution is 9.10. The Morgan fingerprint density at radius 1 is 1.44 bits per heavy atom. The van der Waals surface area contributed by atoms with Crippen LogP contribution in [0.2, 0.25) is 0 Å². The Morgan fingerprint density at radius 2 is 2.11 bits per heavy atom. The number of nitrogen functional groups attached to an aromatic ring is 1. The highest BCUT2D eigenvalue weighted by Crippen LogP contribution is 2.17. The number of rotatable bonds is 3. The van der Waals surface area contributed by atoms with Gasteiger partial charge in [-0.15, -0.1) is 0 Å².